The number of H-pyrrole nitrogens is 1. The molecule has 0 fully saturated rings. The van der Waals surface area contributed by atoms with Gasteiger partial charge in [0.2, 0.25) is 0 Å². The summed E-state index contributed by atoms with van der Waals surface area (Å²) in [6.07, 6.45) is 8.39. The zero-order chi connectivity index (χ0) is 13.9. The standard InChI is InChI=1S/C14H10N4OS/c1-2-7-20(19)11-5-3-10(4-6-11)14-17-12-8-15-16-9-13(12)18-14/h1,3-6,8-9H,7H2,(H,17,18). The molecule has 3 rings (SSSR count). The van der Waals surface area contributed by atoms with E-state index in [-0.39, 0.29) is 5.75 Å². The summed E-state index contributed by atoms with van der Waals surface area (Å²) in [4.78, 5) is 8.31. The van der Waals surface area contributed by atoms with Crippen LogP contribution in [0, 0.1) is 12.3 Å². The summed E-state index contributed by atoms with van der Waals surface area (Å²) in [6.45, 7) is 0. The first-order chi connectivity index (χ1) is 9.78. The largest absolute Gasteiger partial charge is 0.611 e. The van der Waals surface area contributed by atoms with Gasteiger partial charge in [0, 0.05) is 5.56 Å². The van der Waals surface area contributed by atoms with Gasteiger partial charge in [-0.2, -0.15) is 10.2 Å². The first-order valence-electron chi connectivity index (χ1n) is 5.86. The number of hydrogen-bond acceptors (Lipinski definition) is 4. The van der Waals surface area contributed by atoms with E-state index in [0.717, 1.165) is 22.4 Å². The van der Waals surface area contributed by atoms with Crippen LogP contribution in [0.4, 0.5) is 0 Å². The van der Waals surface area contributed by atoms with E-state index in [4.69, 9.17) is 6.42 Å². The number of hydrogen-bond donors (Lipinski definition) is 1. The normalized spacial score (nSPS) is 12.2. The lowest BCUT2D eigenvalue weighted by Crippen LogP contribution is -2.04. The molecule has 0 aliphatic carbocycles. The topological polar surface area (TPSA) is 77.5 Å². The maximum atomic E-state index is 11.8. The van der Waals surface area contributed by atoms with E-state index in [0.29, 0.717) is 4.90 Å². The van der Waals surface area contributed by atoms with Crippen molar-refractivity contribution in [1.82, 2.24) is 20.2 Å². The molecule has 5 nitrogen and oxygen atoms in total. The Hall–Kier alpha value is -2.36. The molecule has 1 aromatic carbocycles. The van der Waals surface area contributed by atoms with Gasteiger partial charge < -0.3 is 9.54 Å². The van der Waals surface area contributed by atoms with Gasteiger partial charge in [0.05, 0.1) is 17.9 Å². The minimum atomic E-state index is -1.15. The van der Waals surface area contributed by atoms with Gasteiger partial charge in [-0.3, -0.25) is 0 Å². The second kappa shape index (κ2) is 5.33. The zero-order valence-corrected chi connectivity index (χ0v) is 11.2. The van der Waals surface area contributed by atoms with Crippen LogP contribution in [0.5, 0.6) is 0 Å². The molecule has 2 aromatic heterocycles. The third-order valence-electron chi connectivity index (χ3n) is 2.80. The SMILES string of the molecule is C#CC[S+]([O-])c1ccc(-c2nc3cnncc3[nH]2)cc1. The average Bonchev–Trinajstić information content (AvgIpc) is 2.91. The molecule has 0 saturated heterocycles. The second-order valence-corrected chi connectivity index (χ2v) is 5.54. The van der Waals surface area contributed by atoms with Crippen LogP contribution in [-0.4, -0.2) is 30.5 Å². The number of aromatic amines is 1. The summed E-state index contributed by atoms with van der Waals surface area (Å²) >= 11 is -1.15. The van der Waals surface area contributed by atoms with E-state index in [1.54, 1.807) is 24.5 Å². The molecule has 6 heteroatoms. The Labute approximate surface area is 118 Å². The van der Waals surface area contributed by atoms with Crippen LogP contribution >= 0.6 is 0 Å². The zero-order valence-electron chi connectivity index (χ0n) is 10.4. The molecule has 0 saturated carbocycles. The molecular formula is C14H10N4OS. The lowest BCUT2D eigenvalue weighted by atomic mass is 10.2. The molecule has 0 radical (unpaired) electrons. The van der Waals surface area contributed by atoms with E-state index in [1.807, 2.05) is 12.1 Å². The number of imidazole rings is 1. The molecule has 3 aromatic rings. The van der Waals surface area contributed by atoms with Crippen LogP contribution < -0.4 is 0 Å². The lowest BCUT2D eigenvalue weighted by Gasteiger charge is -2.07. The Morgan fingerprint density at radius 1 is 1.20 bits per heavy atom. The van der Waals surface area contributed by atoms with Crippen molar-refractivity contribution in [2.45, 2.75) is 4.90 Å². The summed E-state index contributed by atoms with van der Waals surface area (Å²) in [6, 6.07) is 7.32. The second-order valence-electron chi connectivity index (χ2n) is 4.09. The molecule has 0 aliphatic heterocycles. The fourth-order valence-corrected chi connectivity index (χ4v) is 2.59. The van der Waals surface area contributed by atoms with E-state index >= 15 is 0 Å². The van der Waals surface area contributed by atoms with Gasteiger partial charge in [0.25, 0.3) is 0 Å². The van der Waals surface area contributed by atoms with Crippen LogP contribution in [-0.2, 0) is 11.2 Å². The van der Waals surface area contributed by atoms with Crippen LogP contribution in [0.25, 0.3) is 22.4 Å². The first-order valence-corrected chi connectivity index (χ1v) is 7.18. The molecule has 1 N–H and O–H groups in total. The van der Waals surface area contributed by atoms with Gasteiger partial charge in [0.1, 0.15) is 11.3 Å². The molecule has 1 unspecified atom stereocenters. The van der Waals surface area contributed by atoms with Crippen LogP contribution in [0.3, 0.4) is 0 Å². The van der Waals surface area contributed by atoms with Crippen molar-refractivity contribution in [1.29, 1.82) is 0 Å². The highest BCUT2D eigenvalue weighted by Crippen LogP contribution is 2.21. The van der Waals surface area contributed by atoms with Crippen molar-refractivity contribution < 1.29 is 4.55 Å². The highest BCUT2D eigenvalue weighted by Gasteiger charge is 2.10. The summed E-state index contributed by atoms with van der Waals surface area (Å²) in [5.74, 6) is 3.35. The monoisotopic (exact) mass is 282 g/mol. The molecule has 1 atom stereocenters. The average molecular weight is 282 g/mol. The van der Waals surface area contributed by atoms with E-state index in [9.17, 15) is 4.55 Å². The van der Waals surface area contributed by atoms with Crippen LogP contribution in [0.15, 0.2) is 41.6 Å². The van der Waals surface area contributed by atoms with Crippen LogP contribution in [0.1, 0.15) is 0 Å². The van der Waals surface area contributed by atoms with Crippen molar-refractivity contribution >= 4 is 22.2 Å². The summed E-state index contributed by atoms with van der Waals surface area (Å²) in [5, 5.41) is 7.58. The smallest absolute Gasteiger partial charge is 0.170 e. The maximum Gasteiger partial charge on any atom is 0.170 e. The van der Waals surface area contributed by atoms with Gasteiger partial charge in [-0.15, -0.1) is 6.42 Å². The number of benzene rings is 1. The summed E-state index contributed by atoms with van der Waals surface area (Å²) in [7, 11) is 0. The van der Waals surface area contributed by atoms with Gasteiger partial charge in [-0.25, -0.2) is 4.98 Å². The first kappa shape index (κ1) is 12.7. The number of terminal acetylenes is 1. The van der Waals surface area contributed by atoms with Gasteiger partial charge in [0.15, 0.2) is 10.6 Å². The van der Waals surface area contributed by atoms with E-state index < -0.39 is 11.2 Å². The molecule has 0 bridgehead atoms. The van der Waals surface area contributed by atoms with Crippen molar-refractivity contribution in [3.8, 4) is 23.7 Å². The Balaban J connectivity index is 1.93. The van der Waals surface area contributed by atoms with Crippen molar-refractivity contribution in [3.63, 3.8) is 0 Å². The minimum Gasteiger partial charge on any atom is -0.611 e. The molecular weight excluding hydrogens is 272 g/mol. The van der Waals surface area contributed by atoms with Crippen molar-refractivity contribution in [3.05, 3.63) is 36.7 Å². The Bertz CT molecular complexity index is 743. The summed E-state index contributed by atoms with van der Waals surface area (Å²) < 4.78 is 11.8. The van der Waals surface area contributed by atoms with E-state index in [1.165, 1.54) is 0 Å². The molecule has 2 heterocycles. The number of nitrogens with one attached hydrogen (secondary N) is 1. The molecule has 0 spiro atoms. The van der Waals surface area contributed by atoms with Gasteiger partial charge in [-0.1, -0.05) is 5.92 Å². The van der Waals surface area contributed by atoms with E-state index in [2.05, 4.69) is 26.1 Å². The van der Waals surface area contributed by atoms with Gasteiger partial charge in [-0.05, 0) is 35.4 Å². The predicted octanol–water partition coefficient (Wildman–Crippen LogP) is 1.76. The highest BCUT2D eigenvalue weighted by molar-refractivity contribution is 7.91. The summed E-state index contributed by atoms with van der Waals surface area (Å²) in [5.41, 5.74) is 2.49. The quantitative estimate of drug-likeness (QED) is 0.586. The molecule has 20 heavy (non-hydrogen) atoms. The molecule has 0 amide bonds. The number of rotatable bonds is 3. The predicted molar refractivity (Wildman–Crippen MR) is 77.2 cm³/mol. The molecule has 0 aliphatic rings. The van der Waals surface area contributed by atoms with Crippen molar-refractivity contribution in [2.24, 2.45) is 0 Å². The number of nitrogens with zero attached hydrogens (tertiary/aromatic N) is 3. The Morgan fingerprint density at radius 3 is 2.65 bits per heavy atom. The fourth-order valence-electron chi connectivity index (χ4n) is 1.84. The van der Waals surface area contributed by atoms with Crippen LogP contribution in [0.2, 0.25) is 0 Å². The third kappa shape index (κ3) is 2.37. The minimum absolute atomic E-state index is 0.224. The third-order valence-corrected chi connectivity index (χ3v) is 4.03. The lowest BCUT2D eigenvalue weighted by molar-refractivity contribution is 0.598. The Kier molecular flexibility index (Phi) is 3.37. The highest BCUT2D eigenvalue weighted by atomic mass is 32.2. The van der Waals surface area contributed by atoms with Gasteiger partial charge >= 0.3 is 0 Å². The molecule has 98 valence electrons. The number of aromatic nitrogens is 4. The maximum absolute atomic E-state index is 11.8. The number of fused-ring (bicyclic) bond motifs is 1. The Morgan fingerprint density at radius 2 is 1.95 bits per heavy atom. The fraction of sp³-hybridized carbons (Fsp3) is 0.0714. The van der Waals surface area contributed by atoms with Crippen molar-refractivity contribution in [2.75, 3.05) is 5.75 Å².